The van der Waals surface area contributed by atoms with Gasteiger partial charge in [-0.2, -0.15) is 0 Å². The van der Waals surface area contributed by atoms with E-state index in [2.05, 4.69) is 38.2 Å². The van der Waals surface area contributed by atoms with Gasteiger partial charge in [-0.05, 0) is 31.3 Å². The maximum atomic E-state index is 13.9. The molecule has 0 amide bonds. The molecule has 1 aliphatic heterocycles. The molecule has 4 aromatic rings. The molecular weight excluding hydrogens is 459 g/mol. The number of phenolic OH excluding ortho intramolecular Hbond substituents is 1. The number of piperazine rings is 1. The molecule has 3 heterocycles. The van der Waals surface area contributed by atoms with Crippen molar-refractivity contribution in [2.75, 3.05) is 49.2 Å². The van der Waals surface area contributed by atoms with Gasteiger partial charge in [0.05, 0.1) is 16.8 Å². The second-order valence-electron chi connectivity index (χ2n) is 8.86. The van der Waals surface area contributed by atoms with Crippen molar-refractivity contribution in [2.24, 2.45) is 0 Å². The summed E-state index contributed by atoms with van der Waals surface area (Å²) in [5.41, 5.74) is 8.34. The molecule has 36 heavy (non-hydrogen) atoms. The first-order chi connectivity index (χ1) is 17.4. The molecular formula is C26H27FN8O. The average Bonchev–Trinajstić information content (AvgIpc) is 2.86. The first kappa shape index (κ1) is 23.4. The Labute approximate surface area is 207 Å². The van der Waals surface area contributed by atoms with E-state index in [1.54, 1.807) is 0 Å². The third-order valence-electron chi connectivity index (χ3n) is 6.33. The number of likely N-dealkylation sites (N-methyl/N-ethyl adjacent to an activating group) is 1. The molecule has 9 nitrogen and oxygen atoms in total. The number of nitrogen functional groups attached to an aromatic ring is 1. The highest BCUT2D eigenvalue weighted by Crippen LogP contribution is 2.28. The molecule has 0 bridgehead atoms. The number of pyridine rings is 1. The number of fused-ring (bicyclic) bond motifs is 1. The summed E-state index contributed by atoms with van der Waals surface area (Å²) in [6.45, 7) is 4.02. The Bertz CT molecular complexity index is 1410. The Morgan fingerprint density at radius 2 is 1.89 bits per heavy atom. The Kier molecular flexibility index (Phi) is 6.34. The zero-order valence-electron chi connectivity index (χ0n) is 19.9. The Morgan fingerprint density at radius 3 is 2.67 bits per heavy atom. The van der Waals surface area contributed by atoms with Gasteiger partial charge in [0.1, 0.15) is 35.3 Å². The summed E-state index contributed by atoms with van der Waals surface area (Å²) in [4.78, 5) is 17.9. The van der Waals surface area contributed by atoms with Gasteiger partial charge in [0.15, 0.2) is 0 Å². The number of hydrogen-bond acceptors (Lipinski definition) is 9. The second-order valence-corrected chi connectivity index (χ2v) is 8.86. The van der Waals surface area contributed by atoms with Crippen molar-refractivity contribution >= 4 is 34.1 Å². The van der Waals surface area contributed by atoms with Crippen LogP contribution in [-0.4, -0.2) is 63.9 Å². The lowest BCUT2D eigenvalue weighted by Gasteiger charge is -2.34. The van der Waals surface area contributed by atoms with E-state index in [9.17, 15) is 9.50 Å². The average molecular weight is 487 g/mol. The summed E-state index contributed by atoms with van der Waals surface area (Å²) in [7, 11) is 2.11. The summed E-state index contributed by atoms with van der Waals surface area (Å²) in [5.74, 6) is 0.395. The number of aromatic hydroxyl groups is 1. The minimum atomic E-state index is -0.654. The number of phenols is 1. The van der Waals surface area contributed by atoms with Gasteiger partial charge in [-0.1, -0.05) is 18.2 Å². The van der Waals surface area contributed by atoms with E-state index in [1.165, 1.54) is 12.4 Å². The lowest BCUT2D eigenvalue weighted by atomic mass is 10.0. The normalized spacial score (nSPS) is 14.2. The molecule has 0 saturated carbocycles. The van der Waals surface area contributed by atoms with Gasteiger partial charge >= 0.3 is 0 Å². The molecule has 10 heteroatoms. The lowest BCUT2D eigenvalue weighted by molar-refractivity contribution is 0.312. The topological polar surface area (TPSA) is 127 Å². The SMILES string of the molecule is CN1CCN(c2nc3ccccc3cc2CNc2ncnc(N)c2C(=N)c2cc(O)cc(F)c2)CC1. The van der Waals surface area contributed by atoms with Crippen LogP contribution >= 0.6 is 0 Å². The van der Waals surface area contributed by atoms with E-state index in [0.29, 0.717) is 12.4 Å². The smallest absolute Gasteiger partial charge is 0.141 e. The highest BCUT2D eigenvalue weighted by atomic mass is 19.1. The minimum absolute atomic E-state index is 0.0807. The summed E-state index contributed by atoms with van der Waals surface area (Å²) in [6.07, 6.45) is 1.32. The van der Waals surface area contributed by atoms with Crippen LogP contribution in [0, 0.1) is 11.2 Å². The quantitative estimate of drug-likeness (QED) is 0.306. The minimum Gasteiger partial charge on any atom is -0.508 e. The standard InChI is InChI=1S/C26H27FN8O/c1-34-6-8-35(9-7-34)26-18(10-16-4-2-3-5-21(16)33-26)14-30-25-22(24(29)31-15-32-25)23(28)17-11-19(27)13-20(36)12-17/h2-5,10-13,15,28,36H,6-9,14H2,1H3,(H3,29,30,31,32). The number of aromatic nitrogens is 3. The molecule has 0 spiro atoms. The third kappa shape index (κ3) is 4.76. The highest BCUT2D eigenvalue weighted by molar-refractivity contribution is 6.16. The van der Waals surface area contributed by atoms with E-state index in [0.717, 1.165) is 60.6 Å². The number of para-hydroxylation sites is 1. The van der Waals surface area contributed by atoms with Crippen molar-refractivity contribution in [1.82, 2.24) is 19.9 Å². The van der Waals surface area contributed by atoms with Gasteiger partial charge in [0.25, 0.3) is 0 Å². The predicted octanol–water partition coefficient (Wildman–Crippen LogP) is 3.23. The summed E-state index contributed by atoms with van der Waals surface area (Å²) >= 11 is 0. The number of hydrogen-bond donors (Lipinski definition) is 4. The number of benzene rings is 2. The van der Waals surface area contributed by atoms with Crippen molar-refractivity contribution < 1.29 is 9.50 Å². The Balaban J connectivity index is 1.49. The van der Waals surface area contributed by atoms with Crippen LogP contribution in [0.5, 0.6) is 5.75 Å². The first-order valence-electron chi connectivity index (χ1n) is 11.6. The molecule has 1 aliphatic rings. The molecule has 0 radical (unpaired) electrons. The molecule has 1 saturated heterocycles. The fourth-order valence-corrected chi connectivity index (χ4v) is 4.39. The zero-order chi connectivity index (χ0) is 25.2. The maximum Gasteiger partial charge on any atom is 0.141 e. The van der Waals surface area contributed by atoms with Crippen molar-refractivity contribution in [3.63, 3.8) is 0 Å². The third-order valence-corrected chi connectivity index (χ3v) is 6.33. The molecule has 2 aromatic carbocycles. The number of nitrogens with two attached hydrogens (primary N) is 1. The molecule has 5 rings (SSSR count). The molecule has 0 unspecified atom stereocenters. The first-order valence-corrected chi connectivity index (χ1v) is 11.6. The van der Waals surface area contributed by atoms with Crippen LogP contribution in [0.3, 0.4) is 0 Å². The highest BCUT2D eigenvalue weighted by Gasteiger charge is 2.21. The lowest BCUT2D eigenvalue weighted by Crippen LogP contribution is -2.45. The van der Waals surface area contributed by atoms with E-state index >= 15 is 0 Å². The van der Waals surface area contributed by atoms with Gasteiger partial charge in [-0.25, -0.2) is 19.3 Å². The van der Waals surface area contributed by atoms with Crippen LogP contribution in [0.1, 0.15) is 16.7 Å². The van der Waals surface area contributed by atoms with Crippen molar-refractivity contribution in [3.05, 3.63) is 77.4 Å². The number of nitrogens with zero attached hydrogens (tertiary/aromatic N) is 5. The number of rotatable bonds is 6. The molecule has 1 fully saturated rings. The van der Waals surface area contributed by atoms with Crippen LogP contribution in [0.25, 0.3) is 10.9 Å². The van der Waals surface area contributed by atoms with Crippen LogP contribution < -0.4 is 16.0 Å². The Hall–Kier alpha value is -4.31. The Morgan fingerprint density at radius 1 is 1.11 bits per heavy atom. The number of nitrogens with one attached hydrogen (secondary N) is 2. The van der Waals surface area contributed by atoms with Crippen LogP contribution in [-0.2, 0) is 6.54 Å². The van der Waals surface area contributed by atoms with E-state index in [-0.39, 0.29) is 28.4 Å². The van der Waals surface area contributed by atoms with E-state index < -0.39 is 5.82 Å². The summed E-state index contributed by atoms with van der Waals surface area (Å²) in [6, 6.07) is 13.6. The van der Waals surface area contributed by atoms with Crippen molar-refractivity contribution in [1.29, 1.82) is 5.41 Å². The van der Waals surface area contributed by atoms with Crippen molar-refractivity contribution in [2.45, 2.75) is 6.54 Å². The molecule has 0 atom stereocenters. The summed E-state index contributed by atoms with van der Waals surface area (Å²) in [5, 5.41) is 22.8. The predicted molar refractivity (Wildman–Crippen MR) is 139 cm³/mol. The molecule has 0 aliphatic carbocycles. The molecule has 5 N–H and O–H groups in total. The molecule has 184 valence electrons. The van der Waals surface area contributed by atoms with Crippen LogP contribution in [0.15, 0.2) is 54.9 Å². The van der Waals surface area contributed by atoms with Crippen LogP contribution in [0.4, 0.5) is 21.8 Å². The van der Waals surface area contributed by atoms with Crippen molar-refractivity contribution in [3.8, 4) is 5.75 Å². The van der Waals surface area contributed by atoms with E-state index in [1.807, 2.05) is 24.3 Å². The largest absolute Gasteiger partial charge is 0.508 e. The number of halogens is 1. The fraction of sp³-hybridized carbons (Fsp3) is 0.231. The van der Waals surface area contributed by atoms with E-state index in [4.69, 9.17) is 16.1 Å². The fourth-order valence-electron chi connectivity index (χ4n) is 4.39. The summed E-state index contributed by atoms with van der Waals surface area (Å²) < 4.78 is 13.9. The second kappa shape index (κ2) is 9.74. The van der Waals surface area contributed by atoms with Gasteiger partial charge < -0.3 is 26.0 Å². The maximum absolute atomic E-state index is 13.9. The monoisotopic (exact) mass is 486 g/mol. The van der Waals surface area contributed by atoms with Crippen LogP contribution in [0.2, 0.25) is 0 Å². The van der Waals surface area contributed by atoms with Gasteiger partial charge in [-0.15, -0.1) is 0 Å². The van der Waals surface area contributed by atoms with Gasteiger partial charge in [0.2, 0.25) is 0 Å². The molecule has 2 aromatic heterocycles. The zero-order valence-corrected chi connectivity index (χ0v) is 19.9. The van der Waals surface area contributed by atoms with Gasteiger partial charge in [0, 0.05) is 55.3 Å². The van der Waals surface area contributed by atoms with Gasteiger partial charge in [-0.3, -0.25) is 5.41 Å². The number of anilines is 3.